The number of carbonyl (C=O) groups is 1. The number of anilines is 9. The zero-order valence-corrected chi connectivity index (χ0v) is 67.3. The van der Waals surface area contributed by atoms with Gasteiger partial charge in [-0.05, 0) is 276 Å². The Kier molecular flexibility index (Phi) is 41.5. The average Bonchev–Trinajstić information content (AvgIpc) is 1.05. The van der Waals surface area contributed by atoms with Crippen LogP contribution in [0.1, 0.15) is 153 Å². The number of hydrogen-bond donors (Lipinski definition) is 0. The largest absolute Gasteiger partial charge is 0.494 e. The molecule has 0 aliphatic carbocycles. The zero-order chi connectivity index (χ0) is 78.9. The van der Waals surface area contributed by atoms with Crippen molar-refractivity contribution in [3.05, 3.63) is 288 Å². The lowest BCUT2D eigenvalue weighted by Gasteiger charge is -2.25. The van der Waals surface area contributed by atoms with E-state index in [1.165, 1.54) is 80.5 Å². The first-order chi connectivity index (χ1) is 54.1. The van der Waals surface area contributed by atoms with Crippen molar-refractivity contribution in [2.24, 2.45) is 0 Å². The van der Waals surface area contributed by atoms with Crippen molar-refractivity contribution < 1.29 is 51.2 Å². The van der Waals surface area contributed by atoms with Crippen molar-refractivity contribution >= 4 is 112 Å². The van der Waals surface area contributed by atoms with E-state index in [1.54, 1.807) is 13.2 Å². The minimum absolute atomic E-state index is 0.678. The SMILES string of the molecule is CC#Cc1ccc(N(c2ccc(C#CC)cc2)c2ccc(OCCCCCC)cc2)cc1.CCCCCCOc1ccc(N(c2ccc(Br)cc2)c2ccc(Br)cc2)cc1.CCCCCCOc1ccc(N(c2ccc(C#Cc3ccc(C=O)s3)cc2)c2ccc(C#Cc3ccc(OC)s3)cc2)cc1.FF.FF.FF. The molecule has 0 radical (unpaired) electrons. The maximum Gasteiger partial charge on any atom is 0.174 e. The van der Waals surface area contributed by atoms with Crippen LogP contribution in [0.2, 0.25) is 0 Å². The fourth-order valence-corrected chi connectivity index (χ4v) is 12.9. The standard InChI is InChI=1S/C38H33NO3S2.C30H31NO.C24H25Br2NO.3F2/c1-3-4-5-6-27-42-34-19-17-33(18-20-34)39(31-13-7-29(8-14-31)11-21-35-23-24-37(28-40)43-35)32-15-9-30(10-16-32)12-22-36-25-26-38(41-2)44-36;1-4-7-8-9-24-32-30-22-20-29(21-23-30)31(27-16-12-25(10-5-2)13-17-27)28-18-14-26(11-6-3)15-19-28;1-2-3-4-5-18-28-24-16-14-23(15-17-24)27(21-10-6-19(25)7-11-21)22-12-8-20(26)9-13-22;3*1-2/h7-10,13-20,23-26,28H,3-6,27H2,1-2H3;12-23H,4,7-9,24H2,1-3H3;6-17H,2-5,18H2,1H3;;;. The van der Waals surface area contributed by atoms with Crippen molar-refractivity contribution in [1.82, 2.24) is 0 Å². The summed E-state index contributed by atoms with van der Waals surface area (Å²) in [4.78, 5) is 20.2. The van der Waals surface area contributed by atoms with Gasteiger partial charge in [-0.3, -0.25) is 4.79 Å². The molecule has 0 bridgehead atoms. The molecule has 0 atom stereocenters. The Balaban J connectivity index is 0.000000256. The molecule has 9 aromatic carbocycles. The lowest BCUT2D eigenvalue weighted by Crippen LogP contribution is -2.10. The number of unbranched alkanes of at least 4 members (excludes halogenated alkanes) is 9. The first-order valence-electron chi connectivity index (χ1n) is 36.1. The van der Waals surface area contributed by atoms with Crippen LogP contribution in [0.4, 0.5) is 78.6 Å². The van der Waals surface area contributed by atoms with E-state index in [0.717, 1.165) is 160 Å². The number of benzene rings is 9. The highest BCUT2D eigenvalue weighted by Gasteiger charge is 2.17. The van der Waals surface area contributed by atoms with Crippen molar-refractivity contribution in [3.63, 3.8) is 0 Å². The summed E-state index contributed by atoms with van der Waals surface area (Å²) < 4.78 is 73.2. The van der Waals surface area contributed by atoms with E-state index in [4.69, 9.17) is 46.4 Å². The lowest BCUT2D eigenvalue weighted by molar-refractivity contribution is 0.108. The number of ether oxygens (including phenoxy) is 4. The fourth-order valence-electron chi connectivity index (χ4n) is 11.1. The van der Waals surface area contributed by atoms with E-state index in [9.17, 15) is 4.79 Å². The topological polar surface area (TPSA) is 63.7 Å². The van der Waals surface area contributed by atoms with Crippen LogP contribution < -0.4 is 33.6 Å². The molecule has 18 heteroatoms. The van der Waals surface area contributed by atoms with Crippen LogP contribution >= 0.6 is 54.5 Å². The molecule has 0 saturated carbocycles. The van der Waals surface area contributed by atoms with Crippen LogP contribution in [-0.2, 0) is 0 Å². The number of rotatable bonds is 29. The van der Waals surface area contributed by atoms with Crippen LogP contribution in [0.25, 0.3) is 0 Å². The summed E-state index contributed by atoms with van der Waals surface area (Å²) in [7, 11) is 1.67. The third-order valence-electron chi connectivity index (χ3n) is 16.5. The van der Waals surface area contributed by atoms with E-state index >= 15 is 0 Å². The third-order valence-corrected chi connectivity index (χ3v) is 19.4. The van der Waals surface area contributed by atoms with Gasteiger partial charge in [0.1, 0.15) is 17.2 Å². The second-order valence-electron chi connectivity index (χ2n) is 24.2. The maximum atomic E-state index is 11.0. The average molecular weight is 1650 g/mol. The summed E-state index contributed by atoms with van der Waals surface area (Å²) >= 11 is 9.98. The van der Waals surface area contributed by atoms with Gasteiger partial charge >= 0.3 is 0 Å². The molecule has 0 spiro atoms. The Morgan fingerprint density at radius 2 is 0.591 bits per heavy atom. The number of thiophene rings is 2. The zero-order valence-electron chi connectivity index (χ0n) is 62.5. The maximum absolute atomic E-state index is 11.0. The van der Waals surface area contributed by atoms with Crippen molar-refractivity contribution in [1.29, 1.82) is 0 Å². The first-order valence-corrected chi connectivity index (χ1v) is 39.3. The van der Waals surface area contributed by atoms with Crippen molar-refractivity contribution in [2.45, 2.75) is 112 Å². The second kappa shape index (κ2) is 51.7. The van der Waals surface area contributed by atoms with E-state index in [-0.39, 0.29) is 0 Å². The van der Waals surface area contributed by atoms with Crippen molar-refractivity contribution in [2.75, 3.05) is 41.6 Å². The molecule has 0 aliphatic rings. The highest BCUT2D eigenvalue weighted by atomic mass is 79.9. The molecule has 0 aliphatic heterocycles. The Morgan fingerprint density at radius 1 is 0.327 bits per heavy atom. The summed E-state index contributed by atoms with van der Waals surface area (Å²) in [6.07, 6.45) is 15.3. The van der Waals surface area contributed by atoms with Gasteiger partial charge in [-0.25, -0.2) is 0 Å². The molecular formula is C92H89Br2F6N3O5S2. The highest BCUT2D eigenvalue weighted by molar-refractivity contribution is 9.10. The third kappa shape index (κ3) is 29.8. The number of aldehydes is 1. The van der Waals surface area contributed by atoms with Crippen LogP contribution in [0.3, 0.4) is 0 Å². The Bertz CT molecular complexity index is 4570. The van der Waals surface area contributed by atoms with Gasteiger partial charge in [0.25, 0.3) is 0 Å². The van der Waals surface area contributed by atoms with Crippen LogP contribution in [-0.4, -0.2) is 33.2 Å². The van der Waals surface area contributed by atoms with Crippen LogP contribution in [0.15, 0.2) is 252 Å². The van der Waals surface area contributed by atoms with E-state index in [2.05, 4.69) is 297 Å². The first kappa shape index (κ1) is 88.3. The summed E-state index contributed by atoms with van der Waals surface area (Å²) in [5.74, 6) is 27.7. The predicted molar refractivity (Wildman–Crippen MR) is 452 cm³/mol. The summed E-state index contributed by atoms with van der Waals surface area (Å²) in [6, 6.07) is 82.3. The molecule has 0 saturated heterocycles. The van der Waals surface area contributed by atoms with Gasteiger partial charge in [-0.1, -0.05) is 157 Å². The number of nitrogens with zero attached hydrogens (tertiary/aromatic N) is 3. The Hall–Kier alpha value is -10.6. The molecule has 8 nitrogen and oxygen atoms in total. The predicted octanol–water partition coefficient (Wildman–Crippen LogP) is 28.9. The molecule has 11 aromatic rings. The summed E-state index contributed by atoms with van der Waals surface area (Å²) in [6.45, 7) is 12.7. The van der Waals surface area contributed by atoms with E-state index in [0.29, 0.717) is 4.88 Å². The molecule has 2 heterocycles. The second-order valence-corrected chi connectivity index (χ2v) is 28.2. The van der Waals surface area contributed by atoms with Gasteiger partial charge in [0.05, 0.1) is 41.6 Å². The quantitative estimate of drug-likeness (QED) is 0.0199. The van der Waals surface area contributed by atoms with Crippen LogP contribution in [0.5, 0.6) is 22.3 Å². The minimum Gasteiger partial charge on any atom is -0.494 e. The molecule has 2 aromatic heterocycles. The molecule has 110 heavy (non-hydrogen) atoms. The normalized spacial score (nSPS) is 9.84. The fraction of sp³-hybridized carbons (Fsp3) is 0.228. The molecule has 11 rings (SSSR count). The van der Waals surface area contributed by atoms with E-state index < -0.39 is 0 Å². The molecule has 0 fully saturated rings. The number of methoxy groups -OCH3 is 1. The van der Waals surface area contributed by atoms with Gasteiger partial charge in [0.15, 0.2) is 11.3 Å². The Labute approximate surface area is 669 Å². The molecule has 0 unspecified atom stereocenters. The summed E-state index contributed by atoms with van der Waals surface area (Å²) in [5, 5.41) is 0.851. The van der Waals surface area contributed by atoms with E-state index in [1.807, 2.05) is 68.4 Å². The molecule has 570 valence electrons. The van der Waals surface area contributed by atoms with Crippen molar-refractivity contribution in [3.8, 4) is 69.7 Å². The lowest BCUT2D eigenvalue weighted by atomic mass is 10.1. The van der Waals surface area contributed by atoms with Gasteiger partial charge in [0, 0.05) is 110 Å². The van der Waals surface area contributed by atoms with Gasteiger partial charge < -0.3 is 33.6 Å². The highest BCUT2D eigenvalue weighted by Crippen LogP contribution is 2.40. The van der Waals surface area contributed by atoms with Crippen LogP contribution in [0, 0.1) is 47.4 Å². The number of carbonyl (C=O) groups excluding carboxylic acids is 1. The molecule has 0 N–H and O–H groups in total. The molecular weight excluding hydrogens is 1560 g/mol. The number of hydrogen-bond acceptors (Lipinski definition) is 10. The van der Waals surface area contributed by atoms with Gasteiger partial charge in [0.2, 0.25) is 0 Å². The smallest absolute Gasteiger partial charge is 0.174 e. The summed E-state index contributed by atoms with van der Waals surface area (Å²) in [5.41, 5.74) is 13.5. The number of halogens is 8. The monoisotopic (exact) mass is 1650 g/mol. The minimum atomic E-state index is 0.678. The van der Waals surface area contributed by atoms with Gasteiger partial charge in [-0.2, -0.15) is 0 Å². The van der Waals surface area contributed by atoms with Gasteiger partial charge in [-0.15, -0.1) is 23.2 Å². The molecule has 0 amide bonds. The Morgan fingerprint density at radius 3 is 0.845 bits per heavy atom.